The standard InChI is InChI=1S/C12H10N2O3/c1-15-10-4-3-8(5-12(10)16-2)11-6-9(7-13)14-17-11/h3-6H,1-2H3. The van der Waals surface area contributed by atoms with E-state index in [0.717, 1.165) is 5.56 Å². The van der Waals surface area contributed by atoms with Crippen LogP contribution in [0.2, 0.25) is 0 Å². The molecule has 2 rings (SSSR count). The number of methoxy groups -OCH3 is 2. The molecule has 0 saturated heterocycles. The highest BCUT2D eigenvalue weighted by molar-refractivity contribution is 5.63. The molecule has 0 aliphatic rings. The van der Waals surface area contributed by atoms with E-state index in [-0.39, 0.29) is 5.69 Å². The van der Waals surface area contributed by atoms with Crippen LogP contribution in [0.3, 0.4) is 0 Å². The molecule has 0 aliphatic carbocycles. The average molecular weight is 230 g/mol. The van der Waals surface area contributed by atoms with Gasteiger partial charge in [0, 0.05) is 11.6 Å². The van der Waals surface area contributed by atoms with E-state index in [1.807, 2.05) is 12.1 Å². The molecule has 17 heavy (non-hydrogen) atoms. The van der Waals surface area contributed by atoms with Crippen molar-refractivity contribution < 1.29 is 14.0 Å². The Bertz CT molecular complexity index is 569. The molecule has 0 spiro atoms. The minimum atomic E-state index is 0.245. The van der Waals surface area contributed by atoms with Gasteiger partial charge in [-0.2, -0.15) is 5.26 Å². The van der Waals surface area contributed by atoms with Gasteiger partial charge in [0.1, 0.15) is 6.07 Å². The van der Waals surface area contributed by atoms with Crippen molar-refractivity contribution >= 4 is 0 Å². The van der Waals surface area contributed by atoms with E-state index >= 15 is 0 Å². The van der Waals surface area contributed by atoms with Crippen LogP contribution in [0.25, 0.3) is 11.3 Å². The molecule has 86 valence electrons. The number of aromatic nitrogens is 1. The first kappa shape index (κ1) is 11.0. The van der Waals surface area contributed by atoms with Gasteiger partial charge in [0.2, 0.25) is 0 Å². The van der Waals surface area contributed by atoms with Gasteiger partial charge in [-0.05, 0) is 18.2 Å². The number of nitriles is 1. The fourth-order valence-electron chi connectivity index (χ4n) is 1.45. The Hall–Kier alpha value is -2.48. The topological polar surface area (TPSA) is 68.3 Å². The van der Waals surface area contributed by atoms with Gasteiger partial charge in [-0.15, -0.1) is 0 Å². The molecular formula is C12H10N2O3. The summed E-state index contributed by atoms with van der Waals surface area (Å²) in [7, 11) is 3.13. The number of hydrogen-bond acceptors (Lipinski definition) is 5. The highest BCUT2D eigenvalue weighted by atomic mass is 16.5. The van der Waals surface area contributed by atoms with Crippen molar-refractivity contribution in [1.29, 1.82) is 5.26 Å². The molecule has 0 amide bonds. The van der Waals surface area contributed by atoms with Gasteiger partial charge in [-0.3, -0.25) is 0 Å². The molecule has 0 atom stereocenters. The lowest BCUT2D eigenvalue weighted by molar-refractivity contribution is 0.355. The van der Waals surface area contributed by atoms with Crippen LogP contribution in [0.5, 0.6) is 11.5 Å². The van der Waals surface area contributed by atoms with Crippen molar-refractivity contribution in [3.63, 3.8) is 0 Å². The minimum absolute atomic E-state index is 0.245. The first-order valence-corrected chi connectivity index (χ1v) is 4.87. The predicted molar refractivity (Wildman–Crippen MR) is 59.8 cm³/mol. The number of nitrogens with zero attached hydrogens (tertiary/aromatic N) is 2. The van der Waals surface area contributed by atoms with Crippen LogP contribution in [0.1, 0.15) is 5.69 Å². The van der Waals surface area contributed by atoms with E-state index in [9.17, 15) is 0 Å². The summed E-state index contributed by atoms with van der Waals surface area (Å²) in [5, 5.41) is 12.3. The van der Waals surface area contributed by atoms with Crippen LogP contribution in [0, 0.1) is 11.3 Å². The van der Waals surface area contributed by atoms with Crippen molar-refractivity contribution in [2.24, 2.45) is 0 Å². The molecule has 5 heteroatoms. The molecule has 1 aromatic carbocycles. The van der Waals surface area contributed by atoms with Crippen LogP contribution < -0.4 is 9.47 Å². The number of ether oxygens (including phenoxy) is 2. The summed E-state index contributed by atoms with van der Waals surface area (Å²) in [4.78, 5) is 0. The van der Waals surface area contributed by atoms with Crippen molar-refractivity contribution in [3.05, 3.63) is 30.0 Å². The van der Waals surface area contributed by atoms with Gasteiger partial charge in [0.05, 0.1) is 14.2 Å². The number of hydrogen-bond donors (Lipinski definition) is 0. The van der Waals surface area contributed by atoms with Crippen molar-refractivity contribution in [1.82, 2.24) is 5.16 Å². The summed E-state index contributed by atoms with van der Waals surface area (Å²) >= 11 is 0. The third kappa shape index (κ3) is 2.06. The molecule has 0 fully saturated rings. The zero-order chi connectivity index (χ0) is 12.3. The second-order valence-electron chi connectivity index (χ2n) is 3.26. The zero-order valence-electron chi connectivity index (χ0n) is 9.43. The molecule has 0 unspecified atom stereocenters. The SMILES string of the molecule is COc1ccc(-c2cc(C#N)no2)cc1OC. The summed E-state index contributed by atoms with van der Waals surface area (Å²) in [5.41, 5.74) is 1.02. The van der Waals surface area contributed by atoms with Crippen molar-refractivity contribution in [2.45, 2.75) is 0 Å². The maximum absolute atomic E-state index is 8.66. The summed E-state index contributed by atoms with van der Waals surface area (Å²) in [6, 6.07) is 8.82. The lowest BCUT2D eigenvalue weighted by atomic mass is 10.1. The second kappa shape index (κ2) is 4.58. The summed E-state index contributed by atoms with van der Waals surface area (Å²) in [6.45, 7) is 0. The van der Waals surface area contributed by atoms with Gasteiger partial charge >= 0.3 is 0 Å². The quantitative estimate of drug-likeness (QED) is 0.808. The van der Waals surface area contributed by atoms with Gasteiger partial charge in [0.15, 0.2) is 23.0 Å². The fourth-order valence-corrected chi connectivity index (χ4v) is 1.45. The molecule has 0 bridgehead atoms. The summed E-state index contributed by atoms with van der Waals surface area (Å²) in [5.74, 6) is 1.75. The van der Waals surface area contributed by atoms with E-state index in [0.29, 0.717) is 17.3 Å². The van der Waals surface area contributed by atoms with Crippen LogP contribution in [0.15, 0.2) is 28.8 Å². The Labute approximate surface area is 98.2 Å². The molecule has 0 aliphatic heterocycles. The van der Waals surface area contributed by atoms with Gasteiger partial charge < -0.3 is 14.0 Å². The Morgan fingerprint density at radius 3 is 2.53 bits per heavy atom. The fraction of sp³-hybridized carbons (Fsp3) is 0.167. The van der Waals surface area contributed by atoms with Gasteiger partial charge in [-0.25, -0.2) is 0 Å². The van der Waals surface area contributed by atoms with Crippen LogP contribution in [-0.2, 0) is 0 Å². The van der Waals surface area contributed by atoms with E-state index in [4.69, 9.17) is 19.3 Å². The highest BCUT2D eigenvalue weighted by Gasteiger charge is 2.10. The number of rotatable bonds is 3. The third-order valence-electron chi connectivity index (χ3n) is 2.29. The van der Waals surface area contributed by atoms with E-state index in [1.165, 1.54) is 0 Å². The van der Waals surface area contributed by atoms with Crippen LogP contribution >= 0.6 is 0 Å². The normalized spacial score (nSPS) is 9.71. The predicted octanol–water partition coefficient (Wildman–Crippen LogP) is 2.23. The Morgan fingerprint density at radius 2 is 1.94 bits per heavy atom. The minimum Gasteiger partial charge on any atom is -0.493 e. The Balaban J connectivity index is 2.43. The Morgan fingerprint density at radius 1 is 1.18 bits per heavy atom. The maximum atomic E-state index is 8.66. The lowest BCUT2D eigenvalue weighted by Gasteiger charge is -2.07. The number of benzene rings is 1. The average Bonchev–Trinajstić information content (AvgIpc) is 2.86. The molecular weight excluding hydrogens is 220 g/mol. The molecule has 5 nitrogen and oxygen atoms in total. The second-order valence-corrected chi connectivity index (χ2v) is 3.26. The zero-order valence-corrected chi connectivity index (χ0v) is 9.43. The third-order valence-corrected chi connectivity index (χ3v) is 2.29. The van der Waals surface area contributed by atoms with E-state index in [2.05, 4.69) is 5.16 Å². The first-order chi connectivity index (χ1) is 8.28. The highest BCUT2D eigenvalue weighted by Crippen LogP contribution is 2.32. The monoisotopic (exact) mass is 230 g/mol. The van der Waals surface area contributed by atoms with E-state index < -0.39 is 0 Å². The molecule has 1 heterocycles. The van der Waals surface area contributed by atoms with Crippen LogP contribution in [-0.4, -0.2) is 19.4 Å². The maximum Gasteiger partial charge on any atom is 0.184 e. The summed E-state index contributed by atoms with van der Waals surface area (Å²) < 4.78 is 15.4. The summed E-state index contributed by atoms with van der Waals surface area (Å²) in [6.07, 6.45) is 0. The van der Waals surface area contributed by atoms with Gasteiger partial charge in [0.25, 0.3) is 0 Å². The molecule has 1 aromatic heterocycles. The van der Waals surface area contributed by atoms with Gasteiger partial charge in [-0.1, -0.05) is 5.16 Å². The molecule has 2 aromatic rings. The van der Waals surface area contributed by atoms with Crippen LogP contribution in [0.4, 0.5) is 0 Å². The molecule has 0 N–H and O–H groups in total. The molecule has 0 saturated carbocycles. The van der Waals surface area contributed by atoms with Crippen molar-refractivity contribution in [2.75, 3.05) is 14.2 Å². The molecule has 0 radical (unpaired) electrons. The van der Waals surface area contributed by atoms with E-state index in [1.54, 1.807) is 32.4 Å². The lowest BCUT2D eigenvalue weighted by Crippen LogP contribution is -1.90. The Kier molecular flexibility index (Phi) is 2.97. The largest absolute Gasteiger partial charge is 0.493 e. The smallest absolute Gasteiger partial charge is 0.184 e. The van der Waals surface area contributed by atoms with Crippen molar-refractivity contribution in [3.8, 4) is 28.9 Å². The first-order valence-electron chi connectivity index (χ1n) is 4.87.